The van der Waals surface area contributed by atoms with E-state index < -0.39 is 0 Å². The molecule has 4 aromatic rings. The second-order valence-electron chi connectivity index (χ2n) is 4.91. The number of hydrogen-bond acceptors (Lipinski definition) is 5. The molecule has 0 bridgehead atoms. The number of para-hydroxylation sites is 1. The van der Waals surface area contributed by atoms with E-state index in [0.717, 1.165) is 34.4 Å². The van der Waals surface area contributed by atoms with Gasteiger partial charge >= 0.3 is 0 Å². The van der Waals surface area contributed by atoms with Crippen molar-refractivity contribution < 1.29 is 4.42 Å². The van der Waals surface area contributed by atoms with Crippen LogP contribution in [0.5, 0.6) is 0 Å². The van der Waals surface area contributed by atoms with E-state index in [1.54, 1.807) is 17.7 Å². The van der Waals surface area contributed by atoms with Crippen LogP contribution >= 0.6 is 11.3 Å². The highest BCUT2D eigenvalue weighted by Crippen LogP contribution is 2.32. The Morgan fingerprint density at radius 1 is 1.14 bits per heavy atom. The molecular formula is C16H13N3OS. The maximum absolute atomic E-state index is 5.96. The van der Waals surface area contributed by atoms with Crippen LogP contribution in [0.4, 0.5) is 5.82 Å². The van der Waals surface area contributed by atoms with Crippen LogP contribution in [-0.4, -0.2) is 17.0 Å². The predicted molar refractivity (Wildman–Crippen MR) is 85.7 cm³/mol. The van der Waals surface area contributed by atoms with Crippen molar-refractivity contribution >= 4 is 39.2 Å². The zero-order valence-corrected chi connectivity index (χ0v) is 12.3. The standard InChI is InChI=1S/C16H13N3OS/c1-19(9-11-5-4-8-21-11)16-15-14(17-10-18-16)12-6-2-3-7-13(12)20-15/h2-8,10H,9H2,1H3. The van der Waals surface area contributed by atoms with Gasteiger partial charge in [-0.2, -0.15) is 0 Å². The number of benzene rings is 1. The number of anilines is 1. The van der Waals surface area contributed by atoms with E-state index in [-0.39, 0.29) is 0 Å². The summed E-state index contributed by atoms with van der Waals surface area (Å²) in [5.74, 6) is 0.824. The summed E-state index contributed by atoms with van der Waals surface area (Å²) in [7, 11) is 2.02. The molecule has 0 saturated carbocycles. The monoisotopic (exact) mass is 295 g/mol. The summed E-state index contributed by atoms with van der Waals surface area (Å²) in [6, 6.07) is 12.1. The highest BCUT2D eigenvalue weighted by Gasteiger charge is 2.15. The molecule has 0 radical (unpaired) electrons. The van der Waals surface area contributed by atoms with Gasteiger partial charge in [0.25, 0.3) is 0 Å². The van der Waals surface area contributed by atoms with E-state index >= 15 is 0 Å². The molecule has 4 rings (SSSR count). The molecular weight excluding hydrogens is 282 g/mol. The molecule has 0 atom stereocenters. The van der Waals surface area contributed by atoms with Gasteiger partial charge in [0.05, 0.1) is 6.54 Å². The normalized spacial score (nSPS) is 11.3. The Morgan fingerprint density at radius 3 is 2.90 bits per heavy atom. The van der Waals surface area contributed by atoms with Crippen LogP contribution in [0, 0.1) is 0 Å². The van der Waals surface area contributed by atoms with Gasteiger partial charge in [0.15, 0.2) is 11.4 Å². The van der Waals surface area contributed by atoms with Crippen molar-refractivity contribution in [1.82, 2.24) is 9.97 Å². The highest BCUT2D eigenvalue weighted by molar-refractivity contribution is 7.09. The largest absolute Gasteiger partial charge is 0.450 e. The van der Waals surface area contributed by atoms with Crippen LogP contribution in [0.3, 0.4) is 0 Å². The second-order valence-corrected chi connectivity index (χ2v) is 5.94. The first-order valence-corrected chi connectivity index (χ1v) is 7.56. The summed E-state index contributed by atoms with van der Waals surface area (Å²) >= 11 is 1.74. The molecule has 0 aliphatic carbocycles. The Balaban J connectivity index is 1.84. The summed E-state index contributed by atoms with van der Waals surface area (Å²) in [5.41, 5.74) is 2.46. The lowest BCUT2D eigenvalue weighted by atomic mass is 10.2. The van der Waals surface area contributed by atoms with E-state index in [1.807, 2.05) is 31.3 Å². The summed E-state index contributed by atoms with van der Waals surface area (Å²) in [5, 5.41) is 3.11. The molecule has 0 fully saturated rings. The molecule has 0 saturated heterocycles. The molecule has 3 heterocycles. The minimum absolute atomic E-state index is 0.748. The molecule has 3 aromatic heterocycles. The van der Waals surface area contributed by atoms with Gasteiger partial charge in [-0.3, -0.25) is 0 Å². The lowest BCUT2D eigenvalue weighted by Crippen LogP contribution is -2.17. The first-order valence-electron chi connectivity index (χ1n) is 6.68. The van der Waals surface area contributed by atoms with Crippen LogP contribution in [0.25, 0.3) is 22.1 Å². The van der Waals surface area contributed by atoms with Crippen molar-refractivity contribution in [2.24, 2.45) is 0 Å². The number of furan rings is 1. The van der Waals surface area contributed by atoms with Gasteiger partial charge in [0, 0.05) is 17.3 Å². The van der Waals surface area contributed by atoms with Gasteiger partial charge < -0.3 is 9.32 Å². The van der Waals surface area contributed by atoms with Crippen molar-refractivity contribution in [1.29, 1.82) is 0 Å². The van der Waals surface area contributed by atoms with Crippen molar-refractivity contribution in [2.45, 2.75) is 6.54 Å². The fourth-order valence-electron chi connectivity index (χ4n) is 2.49. The first-order chi connectivity index (χ1) is 10.3. The SMILES string of the molecule is CN(Cc1cccs1)c1ncnc2c1oc1ccccc12. The number of rotatable bonds is 3. The number of fused-ring (bicyclic) bond motifs is 3. The van der Waals surface area contributed by atoms with Crippen molar-refractivity contribution in [3.05, 3.63) is 53.0 Å². The van der Waals surface area contributed by atoms with Crippen LogP contribution in [0.1, 0.15) is 4.88 Å². The summed E-state index contributed by atoms with van der Waals surface area (Å²) < 4.78 is 5.96. The van der Waals surface area contributed by atoms with Crippen LogP contribution in [0.2, 0.25) is 0 Å². The van der Waals surface area contributed by atoms with Crippen LogP contribution < -0.4 is 4.90 Å². The Bertz CT molecular complexity index is 898. The van der Waals surface area contributed by atoms with E-state index in [0.29, 0.717) is 0 Å². The third kappa shape index (κ3) is 2.06. The molecule has 5 heteroatoms. The summed E-state index contributed by atoms with van der Waals surface area (Å²) in [6.45, 7) is 0.806. The molecule has 0 aliphatic heterocycles. The van der Waals surface area contributed by atoms with Gasteiger partial charge in [-0.25, -0.2) is 9.97 Å². The minimum atomic E-state index is 0.748. The molecule has 104 valence electrons. The average molecular weight is 295 g/mol. The topological polar surface area (TPSA) is 42.2 Å². The molecule has 0 aliphatic rings. The van der Waals surface area contributed by atoms with Crippen molar-refractivity contribution in [3.63, 3.8) is 0 Å². The molecule has 0 amide bonds. The number of thiophene rings is 1. The van der Waals surface area contributed by atoms with E-state index in [4.69, 9.17) is 4.42 Å². The molecule has 21 heavy (non-hydrogen) atoms. The summed E-state index contributed by atoms with van der Waals surface area (Å²) in [6.07, 6.45) is 1.60. The zero-order valence-electron chi connectivity index (χ0n) is 11.5. The van der Waals surface area contributed by atoms with Crippen molar-refractivity contribution in [3.8, 4) is 0 Å². The van der Waals surface area contributed by atoms with Gasteiger partial charge in [-0.05, 0) is 23.6 Å². The first kappa shape index (κ1) is 12.3. The Morgan fingerprint density at radius 2 is 2.05 bits per heavy atom. The zero-order chi connectivity index (χ0) is 14.2. The Labute approximate surface area is 125 Å². The summed E-state index contributed by atoms with van der Waals surface area (Å²) in [4.78, 5) is 12.2. The van der Waals surface area contributed by atoms with Gasteiger partial charge in [-0.15, -0.1) is 11.3 Å². The predicted octanol–water partition coefficient (Wildman–Crippen LogP) is 4.07. The van der Waals surface area contributed by atoms with Crippen LogP contribution in [-0.2, 0) is 6.54 Å². The molecule has 0 spiro atoms. The van der Waals surface area contributed by atoms with Crippen molar-refractivity contribution in [2.75, 3.05) is 11.9 Å². The number of aromatic nitrogens is 2. The van der Waals surface area contributed by atoms with Gasteiger partial charge in [-0.1, -0.05) is 18.2 Å². The lowest BCUT2D eigenvalue weighted by molar-refractivity contribution is 0.662. The molecule has 0 N–H and O–H groups in total. The third-order valence-corrected chi connectivity index (χ3v) is 4.34. The lowest BCUT2D eigenvalue weighted by Gasteiger charge is -2.16. The molecule has 1 aromatic carbocycles. The Kier molecular flexibility index (Phi) is 2.86. The van der Waals surface area contributed by atoms with E-state index in [2.05, 4.69) is 32.4 Å². The fourth-order valence-corrected chi connectivity index (χ4v) is 3.25. The number of hydrogen-bond donors (Lipinski definition) is 0. The fraction of sp³-hybridized carbons (Fsp3) is 0.125. The smallest absolute Gasteiger partial charge is 0.196 e. The molecule has 0 unspecified atom stereocenters. The highest BCUT2D eigenvalue weighted by atomic mass is 32.1. The van der Waals surface area contributed by atoms with E-state index in [9.17, 15) is 0 Å². The van der Waals surface area contributed by atoms with Gasteiger partial charge in [0.1, 0.15) is 17.4 Å². The maximum Gasteiger partial charge on any atom is 0.196 e. The quantitative estimate of drug-likeness (QED) is 0.571. The average Bonchev–Trinajstić information content (AvgIpc) is 3.13. The van der Waals surface area contributed by atoms with Gasteiger partial charge in [0.2, 0.25) is 0 Å². The maximum atomic E-state index is 5.96. The van der Waals surface area contributed by atoms with Crippen LogP contribution in [0.15, 0.2) is 52.5 Å². The Hall–Kier alpha value is -2.40. The minimum Gasteiger partial charge on any atom is -0.450 e. The third-order valence-electron chi connectivity index (χ3n) is 3.47. The van der Waals surface area contributed by atoms with E-state index in [1.165, 1.54) is 4.88 Å². The number of nitrogens with zero attached hydrogens (tertiary/aromatic N) is 3. The molecule has 4 nitrogen and oxygen atoms in total. The second kappa shape index (κ2) is 4.86.